The van der Waals surface area contributed by atoms with Crippen LogP contribution in [-0.2, 0) is 6.18 Å². The third kappa shape index (κ3) is 1.78. The zero-order chi connectivity index (χ0) is 11.9. The molecule has 2 aromatic heterocycles. The highest BCUT2D eigenvalue weighted by atomic mass is 19.4. The second kappa shape index (κ2) is 3.33. The molecular formula is C10H8F3N3. The normalized spacial score (nSPS) is 12.0. The van der Waals surface area contributed by atoms with Crippen LogP contribution in [-0.4, -0.2) is 9.97 Å². The molecule has 0 amide bonds. The molecule has 0 radical (unpaired) electrons. The number of pyridine rings is 2. The maximum Gasteiger partial charge on any atom is 0.433 e. The summed E-state index contributed by atoms with van der Waals surface area (Å²) >= 11 is 0. The fourth-order valence-corrected chi connectivity index (χ4v) is 1.43. The van der Waals surface area contributed by atoms with E-state index in [1.165, 1.54) is 6.07 Å². The largest absolute Gasteiger partial charge is 0.433 e. The number of nitrogens with two attached hydrogens (primary N) is 1. The number of hydrogen-bond acceptors (Lipinski definition) is 3. The van der Waals surface area contributed by atoms with E-state index in [4.69, 9.17) is 5.73 Å². The van der Waals surface area contributed by atoms with Crippen molar-refractivity contribution in [3.63, 3.8) is 0 Å². The average molecular weight is 227 g/mol. The SMILES string of the molecule is Cc1cc(C(F)(F)F)nc2nc(N)ccc12. The van der Waals surface area contributed by atoms with E-state index in [-0.39, 0.29) is 11.5 Å². The minimum absolute atomic E-state index is 0.0207. The van der Waals surface area contributed by atoms with Crippen molar-refractivity contribution in [3.8, 4) is 0 Å². The zero-order valence-corrected chi connectivity index (χ0v) is 8.34. The Labute approximate surface area is 89.1 Å². The molecule has 0 unspecified atom stereocenters. The van der Waals surface area contributed by atoms with Crippen LogP contribution >= 0.6 is 0 Å². The lowest BCUT2D eigenvalue weighted by molar-refractivity contribution is -0.141. The van der Waals surface area contributed by atoms with Crippen molar-refractivity contribution in [2.75, 3.05) is 5.73 Å². The van der Waals surface area contributed by atoms with Crippen molar-refractivity contribution in [2.45, 2.75) is 13.1 Å². The van der Waals surface area contributed by atoms with E-state index in [0.717, 1.165) is 6.07 Å². The van der Waals surface area contributed by atoms with Gasteiger partial charge in [-0.05, 0) is 30.7 Å². The number of aromatic nitrogens is 2. The van der Waals surface area contributed by atoms with Gasteiger partial charge in [-0.25, -0.2) is 9.97 Å². The van der Waals surface area contributed by atoms with Gasteiger partial charge in [-0.15, -0.1) is 0 Å². The van der Waals surface area contributed by atoms with Crippen LogP contribution in [0.15, 0.2) is 18.2 Å². The molecule has 0 aromatic carbocycles. The summed E-state index contributed by atoms with van der Waals surface area (Å²) in [6, 6.07) is 4.14. The Morgan fingerprint density at radius 1 is 1.19 bits per heavy atom. The summed E-state index contributed by atoms with van der Waals surface area (Å²) in [4.78, 5) is 7.23. The minimum atomic E-state index is -4.47. The van der Waals surface area contributed by atoms with E-state index in [1.54, 1.807) is 13.0 Å². The molecule has 2 heterocycles. The molecule has 0 saturated heterocycles. The lowest BCUT2D eigenvalue weighted by Gasteiger charge is -2.08. The lowest BCUT2D eigenvalue weighted by Crippen LogP contribution is -2.09. The Bertz CT molecular complexity index is 549. The van der Waals surface area contributed by atoms with Gasteiger partial charge < -0.3 is 5.73 Å². The van der Waals surface area contributed by atoms with Crippen LogP contribution in [0.4, 0.5) is 19.0 Å². The molecule has 2 aromatic rings. The van der Waals surface area contributed by atoms with Gasteiger partial charge in [0.15, 0.2) is 5.65 Å². The first kappa shape index (κ1) is 10.7. The van der Waals surface area contributed by atoms with E-state index in [1.807, 2.05) is 0 Å². The van der Waals surface area contributed by atoms with Gasteiger partial charge in [-0.2, -0.15) is 13.2 Å². The molecule has 0 atom stereocenters. The van der Waals surface area contributed by atoms with Gasteiger partial charge in [0.1, 0.15) is 11.5 Å². The monoisotopic (exact) mass is 227 g/mol. The molecule has 6 heteroatoms. The van der Waals surface area contributed by atoms with Gasteiger partial charge in [0.2, 0.25) is 0 Å². The summed E-state index contributed by atoms with van der Waals surface area (Å²) < 4.78 is 37.4. The molecular weight excluding hydrogens is 219 g/mol. The van der Waals surface area contributed by atoms with Crippen LogP contribution in [0.5, 0.6) is 0 Å². The van der Waals surface area contributed by atoms with Crippen molar-refractivity contribution < 1.29 is 13.2 Å². The van der Waals surface area contributed by atoms with Crippen molar-refractivity contribution in [3.05, 3.63) is 29.5 Å². The Morgan fingerprint density at radius 3 is 2.50 bits per heavy atom. The first-order valence-corrected chi connectivity index (χ1v) is 4.49. The van der Waals surface area contributed by atoms with Crippen LogP contribution in [0, 0.1) is 6.92 Å². The maximum atomic E-state index is 12.5. The van der Waals surface area contributed by atoms with Crippen molar-refractivity contribution in [1.29, 1.82) is 0 Å². The topological polar surface area (TPSA) is 51.8 Å². The summed E-state index contributed by atoms with van der Waals surface area (Å²) in [6.45, 7) is 1.58. The fraction of sp³-hybridized carbons (Fsp3) is 0.200. The molecule has 0 saturated carbocycles. The van der Waals surface area contributed by atoms with E-state index in [9.17, 15) is 13.2 Å². The Hall–Kier alpha value is -1.85. The number of halogens is 3. The molecule has 0 bridgehead atoms. The first-order chi connectivity index (χ1) is 7.38. The third-order valence-electron chi connectivity index (χ3n) is 2.19. The number of hydrogen-bond donors (Lipinski definition) is 1. The number of nitrogens with zero attached hydrogens (tertiary/aromatic N) is 2. The molecule has 0 aliphatic carbocycles. The average Bonchev–Trinajstić information content (AvgIpc) is 2.15. The molecule has 0 fully saturated rings. The van der Waals surface area contributed by atoms with E-state index in [0.29, 0.717) is 10.9 Å². The molecule has 84 valence electrons. The van der Waals surface area contributed by atoms with Gasteiger partial charge in [0.25, 0.3) is 0 Å². The molecule has 16 heavy (non-hydrogen) atoms. The van der Waals surface area contributed by atoms with Crippen LogP contribution in [0.1, 0.15) is 11.3 Å². The molecule has 0 aliphatic heterocycles. The molecule has 2 rings (SSSR count). The zero-order valence-electron chi connectivity index (χ0n) is 8.34. The van der Waals surface area contributed by atoms with Crippen LogP contribution in [0.3, 0.4) is 0 Å². The number of alkyl halides is 3. The maximum absolute atomic E-state index is 12.5. The number of nitrogen functional groups attached to an aromatic ring is 1. The smallest absolute Gasteiger partial charge is 0.384 e. The number of rotatable bonds is 0. The molecule has 0 spiro atoms. The van der Waals surface area contributed by atoms with Crippen molar-refractivity contribution in [1.82, 2.24) is 9.97 Å². The quantitative estimate of drug-likeness (QED) is 0.752. The number of fused-ring (bicyclic) bond motifs is 1. The highest BCUT2D eigenvalue weighted by molar-refractivity contribution is 5.80. The predicted octanol–water partition coefficient (Wildman–Crippen LogP) is 2.54. The summed E-state index contributed by atoms with van der Waals surface area (Å²) in [5.41, 5.74) is 4.95. The Morgan fingerprint density at radius 2 is 1.88 bits per heavy atom. The summed E-state index contributed by atoms with van der Waals surface area (Å²) in [7, 11) is 0. The second-order valence-corrected chi connectivity index (χ2v) is 3.43. The van der Waals surface area contributed by atoms with Crippen molar-refractivity contribution in [2.24, 2.45) is 0 Å². The van der Waals surface area contributed by atoms with Gasteiger partial charge in [-0.3, -0.25) is 0 Å². The fourth-order valence-electron chi connectivity index (χ4n) is 1.43. The summed E-state index contributed by atoms with van der Waals surface area (Å²) in [5.74, 6) is 0.152. The van der Waals surface area contributed by atoms with Crippen LogP contribution < -0.4 is 5.73 Å². The van der Waals surface area contributed by atoms with Crippen LogP contribution in [0.2, 0.25) is 0 Å². The third-order valence-corrected chi connectivity index (χ3v) is 2.19. The highest BCUT2D eigenvalue weighted by Crippen LogP contribution is 2.30. The molecule has 2 N–H and O–H groups in total. The second-order valence-electron chi connectivity index (χ2n) is 3.43. The predicted molar refractivity (Wildman–Crippen MR) is 53.7 cm³/mol. The Balaban J connectivity index is 2.75. The molecule has 3 nitrogen and oxygen atoms in total. The first-order valence-electron chi connectivity index (χ1n) is 4.49. The standard InChI is InChI=1S/C10H8F3N3/c1-5-4-7(10(11,12)13)15-9-6(5)2-3-8(14)16-9/h2-4H,1H3,(H2,14,15,16). The van der Waals surface area contributed by atoms with Gasteiger partial charge >= 0.3 is 6.18 Å². The number of aryl methyl sites for hydroxylation is 1. The van der Waals surface area contributed by atoms with Crippen LogP contribution in [0.25, 0.3) is 11.0 Å². The van der Waals surface area contributed by atoms with Gasteiger partial charge in [0, 0.05) is 5.39 Å². The van der Waals surface area contributed by atoms with Gasteiger partial charge in [-0.1, -0.05) is 0 Å². The lowest BCUT2D eigenvalue weighted by atomic mass is 10.1. The van der Waals surface area contributed by atoms with Gasteiger partial charge in [0.05, 0.1) is 0 Å². The molecule has 0 aliphatic rings. The number of anilines is 1. The van der Waals surface area contributed by atoms with E-state index >= 15 is 0 Å². The summed E-state index contributed by atoms with van der Waals surface area (Å²) in [6.07, 6.45) is -4.47. The van der Waals surface area contributed by atoms with Crippen molar-refractivity contribution >= 4 is 16.9 Å². The summed E-state index contributed by atoms with van der Waals surface area (Å²) in [5, 5.41) is 0.571. The Kier molecular flexibility index (Phi) is 2.22. The highest BCUT2D eigenvalue weighted by Gasteiger charge is 2.33. The van der Waals surface area contributed by atoms with E-state index < -0.39 is 11.9 Å². The van der Waals surface area contributed by atoms with E-state index in [2.05, 4.69) is 9.97 Å². The minimum Gasteiger partial charge on any atom is -0.384 e.